The van der Waals surface area contributed by atoms with Crippen LogP contribution in [0.15, 0.2) is 12.3 Å². The van der Waals surface area contributed by atoms with Crippen molar-refractivity contribution in [2.45, 2.75) is 89.4 Å². The van der Waals surface area contributed by atoms with Gasteiger partial charge >= 0.3 is 0 Å². The van der Waals surface area contributed by atoms with Gasteiger partial charge in [0.25, 0.3) is 0 Å². The summed E-state index contributed by atoms with van der Waals surface area (Å²) in [5.41, 5.74) is -1.59. The van der Waals surface area contributed by atoms with Gasteiger partial charge in [0, 0.05) is 12.1 Å². The lowest BCUT2D eigenvalue weighted by molar-refractivity contribution is -0.166. The van der Waals surface area contributed by atoms with E-state index in [1.165, 1.54) is 0 Å². The topological polar surface area (TPSA) is 78.9 Å². The second-order valence-electron chi connectivity index (χ2n) is 11.4. The van der Waals surface area contributed by atoms with Crippen LogP contribution in [0.25, 0.3) is 0 Å². The van der Waals surface area contributed by atoms with Gasteiger partial charge < -0.3 is 5.11 Å². The summed E-state index contributed by atoms with van der Waals surface area (Å²) >= 11 is 0. The number of carbonyl (C=O) groups excluding carboxylic acids is 1. The SMILES string of the molecule is C[C@@]1(O)CC[C@@]2(F)[C@@H](CC[C@H]3[C@@H]4CC[C@H](C(=O)Cn5ccc(C#N)n5)[C@@]4(C)CC[C@@H]32)C1. The van der Waals surface area contributed by atoms with Crippen molar-refractivity contribution in [1.82, 2.24) is 9.78 Å². The molecule has 8 atom stereocenters. The lowest BCUT2D eigenvalue weighted by atomic mass is 9.48. The molecule has 1 N–H and O–H groups in total. The van der Waals surface area contributed by atoms with E-state index in [1.807, 2.05) is 13.0 Å². The zero-order valence-corrected chi connectivity index (χ0v) is 18.7. The van der Waals surface area contributed by atoms with E-state index in [-0.39, 0.29) is 35.5 Å². The van der Waals surface area contributed by atoms with Crippen LogP contribution in [-0.4, -0.2) is 31.9 Å². The Morgan fingerprint density at radius 2 is 2.03 bits per heavy atom. The minimum Gasteiger partial charge on any atom is -0.390 e. The Morgan fingerprint density at radius 1 is 1.23 bits per heavy atom. The number of hydrogen-bond donors (Lipinski definition) is 1. The Balaban J connectivity index is 1.34. The number of hydrogen-bond acceptors (Lipinski definition) is 4. The number of rotatable bonds is 3. The number of carbonyl (C=O) groups is 1. The van der Waals surface area contributed by atoms with E-state index in [4.69, 9.17) is 5.26 Å². The number of fused-ring (bicyclic) bond motifs is 5. The van der Waals surface area contributed by atoms with Crippen molar-refractivity contribution in [3.8, 4) is 6.07 Å². The molecule has 0 unspecified atom stereocenters. The van der Waals surface area contributed by atoms with Gasteiger partial charge in [-0.3, -0.25) is 9.48 Å². The first-order valence-electron chi connectivity index (χ1n) is 12.0. The zero-order valence-electron chi connectivity index (χ0n) is 18.7. The molecule has 168 valence electrons. The third kappa shape index (κ3) is 3.26. The van der Waals surface area contributed by atoms with E-state index < -0.39 is 11.3 Å². The second-order valence-corrected chi connectivity index (χ2v) is 11.4. The van der Waals surface area contributed by atoms with E-state index in [1.54, 1.807) is 16.9 Å². The van der Waals surface area contributed by atoms with Gasteiger partial charge in [0.2, 0.25) is 0 Å². The van der Waals surface area contributed by atoms with Crippen LogP contribution in [-0.2, 0) is 11.3 Å². The average Bonchev–Trinajstić information content (AvgIpc) is 3.31. The maximum Gasteiger partial charge on any atom is 0.162 e. The first kappa shape index (κ1) is 21.1. The molecular formula is C25H34FN3O2. The molecule has 4 saturated carbocycles. The van der Waals surface area contributed by atoms with Gasteiger partial charge in [-0.1, -0.05) is 6.92 Å². The number of nitrogens with zero attached hydrogens (tertiary/aromatic N) is 3. The molecule has 0 aliphatic heterocycles. The monoisotopic (exact) mass is 427 g/mol. The molecule has 4 aliphatic rings. The molecule has 5 nitrogen and oxygen atoms in total. The lowest BCUT2D eigenvalue weighted by Gasteiger charge is -2.59. The molecule has 0 spiro atoms. The fourth-order valence-corrected chi connectivity index (χ4v) is 8.29. The molecule has 1 aromatic rings. The van der Waals surface area contributed by atoms with Gasteiger partial charge in [0.05, 0.1) is 12.1 Å². The van der Waals surface area contributed by atoms with Crippen LogP contribution in [0.3, 0.4) is 0 Å². The molecule has 5 rings (SSSR count). The molecule has 4 fully saturated rings. The maximum atomic E-state index is 16.4. The van der Waals surface area contributed by atoms with Crippen molar-refractivity contribution in [3.05, 3.63) is 18.0 Å². The van der Waals surface area contributed by atoms with Crippen molar-refractivity contribution in [1.29, 1.82) is 5.26 Å². The number of Topliss-reactive ketones (excluding diaryl/α,β-unsaturated/α-hetero) is 1. The zero-order chi connectivity index (χ0) is 22.0. The summed E-state index contributed by atoms with van der Waals surface area (Å²) in [4.78, 5) is 13.2. The highest BCUT2D eigenvalue weighted by Gasteiger charge is 2.63. The molecule has 0 aromatic carbocycles. The summed E-state index contributed by atoms with van der Waals surface area (Å²) in [6, 6.07) is 3.65. The molecule has 0 radical (unpaired) electrons. The smallest absolute Gasteiger partial charge is 0.162 e. The van der Waals surface area contributed by atoms with E-state index in [0.29, 0.717) is 36.8 Å². The highest BCUT2D eigenvalue weighted by Crippen LogP contribution is 2.66. The first-order valence-corrected chi connectivity index (χ1v) is 12.0. The first-order chi connectivity index (χ1) is 14.7. The van der Waals surface area contributed by atoms with Gasteiger partial charge in [0.15, 0.2) is 11.5 Å². The van der Waals surface area contributed by atoms with Crippen LogP contribution in [0.2, 0.25) is 0 Å². The largest absolute Gasteiger partial charge is 0.390 e. The average molecular weight is 428 g/mol. The second kappa shape index (κ2) is 7.13. The van der Waals surface area contributed by atoms with Gasteiger partial charge in [-0.2, -0.15) is 10.4 Å². The summed E-state index contributed by atoms with van der Waals surface area (Å²) in [6.45, 7) is 4.35. The Kier molecular flexibility index (Phi) is 4.86. The fourth-order valence-electron chi connectivity index (χ4n) is 8.29. The normalized spacial score (nSPS) is 46.5. The van der Waals surface area contributed by atoms with Gasteiger partial charge in [0.1, 0.15) is 11.7 Å². The number of aromatic nitrogens is 2. The number of aliphatic hydroxyl groups is 1. The Labute approximate surface area is 184 Å². The standard InChI is InChI=1S/C25H34FN3O2/c1-23(31)10-11-25(26)16(13-23)3-4-18-19-5-6-21(24(19,2)9-7-20(18)25)22(30)15-29-12-8-17(14-27)28-29/h8,12,16,18-21,31H,3-7,9-11,13,15H2,1-2H3/t16-,18-,19-,20-,21+,23+,24-,25+/m0/s1. The minimum atomic E-state index is -1.14. The van der Waals surface area contributed by atoms with Crippen LogP contribution in [0.1, 0.15) is 77.3 Å². The van der Waals surface area contributed by atoms with Crippen molar-refractivity contribution >= 4 is 5.78 Å². The Hall–Kier alpha value is -1.74. The van der Waals surface area contributed by atoms with E-state index >= 15 is 4.39 Å². The van der Waals surface area contributed by atoms with Gasteiger partial charge in [-0.15, -0.1) is 0 Å². The quantitative estimate of drug-likeness (QED) is 0.774. The van der Waals surface area contributed by atoms with Crippen LogP contribution in [0, 0.1) is 46.3 Å². The van der Waals surface area contributed by atoms with Crippen molar-refractivity contribution < 1.29 is 14.3 Å². The van der Waals surface area contributed by atoms with Crippen molar-refractivity contribution in [2.75, 3.05) is 0 Å². The summed E-state index contributed by atoms with van der Waals surface area (Å²) in [7, 11) is 0. The van der Waals surface area contributed by atoms with Crippen molar-refractivity contribution in [2.24, 2.45) is 35.0 Å². The molecular weight excluding hydrogens is 393 g/mol. The Bertz CT molecular complexity index is 920. The van der Waals surface area contributed by atoms with Gasteiger partial charge in [-0.05, 0) is 99.9 Å². The van der Waals surface area contributed by atoms with Crippen molar-refractivity contribution in [3.63, 3.8) is 0 Å². The predicted molar refractivity (Wildman–Crippen MR) is 114 cm³/mol. The molecule has 6 heteroatoms. The third-order valence-corrected chi connectivity index (χ3v) is 9.78. The fraction of sp³-hybridized carbons (Fsp3) is 0.800. The maximum absolute atomic E-state index is 16.4. The van der Waals surface area contributed by atoms with Crippen LogP contribution >= 0.6 is 0 Å². The van der Waals surface area contributed by atoms with E-state index in [9.17, 15) is 9.90 Å². The molecule has 4 aliphatic carbocycles. The number of nitriles is 1. The predicted octanol–water partition coefficient (Wildman–Crippen LogP) is 4.44. The van der Waals surface area contributed by atoms with Crippen LogP contribution in [0.5, 0.6) is 0 Å². The third-order valence-electron chi connectivity index (χ3n) is 9.78. The molecule has 1 aromatic heterocycles. The summed E-state index contributed by atoms with van der Waals surface area (Å²) in [6.07, 6.45) is 8.88. The highest BCUT2D eigenvalue weighted by atomic mass is 19.1. The molecule has 0 bridgehead atoms. The molecule has 0 saturated heterocycles. The van der Waals surface area contributed by atoms with Gasteiger partial charge in [-0.25, -0.2) is 4.39 Å². The molecule has 31 heavy (non-hydrogen) atoms. The van der Waals surface area contributed by atoms with E-state index in [2.05, 4.69) is 12.0 Å². The summed E-state index contributed by atoms with van der Waals surface area (Å²) in [5.74, 6) is 1.02. The molecule has 1 heterocycles. The minimum absolute atomic E-state index is 0.00596. The number of ketones is 1. The number of alkyl halides is 1. The van der Waals surface area contributed by atoms with E-state index in [0.717, 1.165) is 38.5 Å². The number of halogens is 1. The highest BCUT2D eigenvalue weighted by molar-refractivity contribution is 5.82. The van der Waals surface area contributed by atoms with Crippen LogP contribution < -0.4 is 0 Å². The lowest BCUT2D eigenvalue weighted by Crippen LogP contribution is -2.58. The summed E-state index contributed by atoms with van der Waals surface area (Å²) in [5, 5.41) is 23.7. The summed E-state index contributed by atoms with van der Waals surface area (Å²) < 4.78 is 18.0. The molecule has 0 amide bonds. The Morgan fingerprint density at radius 3 is 2.77 bits per heavy atom. The van der Waals surface area contributed by atoms with Crippen LogP contribution in [0.4, 0.5) is 4.39 Å².